The molecule has 8 atom stereocenters. The van der Waals surface area contributed by atoms with Gasteiger partial charge in [-0.3, -0.25) is 14.5 Å². The van der Waals surface area contributed by atoms with Crippen LogP contribution in [0.1, 0.15) is 84.5 Å². The third-order valence-corrected chi connectivity index (χ3v) is 17.5. The number of nitrogens with zero attached hydrogens (tertiary/aromatic N) is 1. The number of allylic oxidation sites excluding steroid dienone is 5. The number of ether oxygens (including phenoxy) is 2. The Hall–Kier alpha value is -3.48. The number of nitrogens with one attached hydrogen (secondary N) is 2. The van der Waals surface area contributed by atoms with Crippen molar-refractivity contribution in [2.45, 2.75) is 89.9 Å². The van der Waals surface area contributed by atoms with E-state index in [-0.39, 0.29) is 59.3 Å². The van der Waals surface area contributed by atoms with E-state index >= 15 is 0 Å². The van der Waals surface area contributed by atoms with Crippen molar-refractivity contribution in [1.82, 2.24) is 15.5 Å². The maximum atomic E-state index is 14.7. The van der Waals surface area contributed by atoms with Gasteiger partial charge in [-0.25, -0.2) is 9.59 Å². The molecule has 10 nitrogen and oxygen atoms in total. The van der Waals surface area contributed by atoms with Crippen LogP contribution in [0.2, 0.25) is 0 Å². The Labute approximate surface area is 329 Å². The van der Waals surface area contributed by atoms with Gasteiger partial charge in [0.25, 0.3) is 11.8 Å². The van der Waals surface area contributed by atoms with Crippen LogP contribution in [0.15, 0.2) is 81.2 Å². The monoisotopic (exact) mass is 783 g/mol. The van der Waals surface area contributed by atoms with Gasteiger partial charge in [-0.1, -0.05) is 54.4 Å². The van der Waals surface area contributed by atoms with Gasteiger partial charge in [-0.2, -0.15) is 0 Å². The maximum Gasteiger partial charge on any atom is 0.340 e. The Balaban J connectivity index is 1.20. The molecule has 0 aromatic carbocycles. The smallest absolute Gasteiger partial charge is 0.340 e. The van der Waals surface area contributed by atoms with E-state index in [1.807, 2.05) is 19.1 Å². The quantitative estimate of drug-likeness (QED) is 0.165. The van der Waals surface area contributed by atoms with Crippen molar-refractivity contribution in [1.29, 1.82) is 0 Å². The van der Waals surface area contributed by atoms with E-state index in [1.54, 1.807) is 0 Å². The predicted molar refractivity (Wildman–Crippen MR) is 209 cm³/mol. The van der Waals surface area contributed by atoms with E-state index in [9.17, 15) is 24.3 Å². The zero-order chi connectivity index (χ0) is 37.8. The number of esters is 2. The Bertz CT molecular complexity index is 2000. The third kappa shape index (κ3) is 5.25. The SMILES string of the molecule is CCC1(C2=C3OC(=O)C4=C3[C@@H](CC2)C[C@H]2[C@@H]3CC[C@@]5(C6=C3[C@H](CN3C(=O)C=CC3=O)C3=CCNC(=C3)NCSS[C@H](O)[C@H](C)C/C=C/5OC6=O)[C@@H]42)CCCC1. The van der Waals surface area contributed by atoms with Crippen LogP contribution in [0.25, 0.3) is 0 Å². The third-order valence-electron chi connectivity index (χ3n) is 15.1. The van der Waals surface area contributed by atoms with Crippen molar-refractivity contribution >= 4 is 45.3 Å². The van der Waals surface area contributed by atoms with E-state index in [2.05, 4.69) is 23.6 Å². The lowest BCUT2D eigenvalue weighted by molar-refractivity contribution is -0.138. The minimum Gasteiger partial charge on any atom is -0.427 e. The van der Waals surface area contributed by atoms with Gasteiger partial charge in [0.15, 0.2) is 0 Å². The average molecular weight is 784 g/mol. The maximum absolute atomic E-state index is 14.7. The Morgan fingerprint density at radius 3 is 2.56 bits per heavy atom. The van der Waals surface area contributed by atoms with Crippen molar-refractivity contribution < 1.29 is 33.8 Å². The highest BCUT2D eigenvalue weighted by Crippen LogP contribution is 2.73. The normalized spacial score (nSPS) is 38.6. The van der Waals surface area contributed by atoms with E-state index in [0.29, 0.717) is 36.6 Å². The van der Waals surface area contributed by atoms with Gasteiger partial charge in [0.05, 0.1) is 22.7 Å². The number of aliphatic hydroxyl groups is 1. The Kier molecular flexibility index (Phi) is 8.68. The summed E-state index contributed by atoms with van der Waals surface area (Å²) in [6, 6.07) is 0. The van der Waals surface area contributed by atoms with Crippen molar-refractivity contribution in [3.63, 3.8) is 0 Å². The number of aliphatic hydroxyl groups excluding tert-OH is 1. The number of imide groups is 1. The first-order valence-electron chi connectivity index (χ1n) is 20.4. The summed E-state index contributed by atoms with van der Waals surface area (Å²) in [6.07, 6.45) is 19.3. The first-order chi connectivity index (χ1) is 26.6. The number of carbonyl (C=O) groups is 4. The van der Waals surface area contributed by atoms with Crippen LogP contribution in [0.3, 0.4) is 0 Å². The topological polar surface area (TPSA) is 134 Å². The highest BCUT2D eigenvalue weighted by atomic mass is 33.1. The van der Waals surface area contributed by atoms with Gasteiger partial charge < -0.3 is 25.2 Å². The summed E-state index contributed by atoms with van der Waals surface area (Å²) in [5, 5.41) is 18.1. The lowest BCUT2D eigenvalue weighted by Crippen LogP contribution is -2.55. The molecule has 6 aliphatic carbocycles. The lowest BCUT2D eigenvalue weighted by atomic mass is 9.42. The Morgan fingerprint density at radius 1 is 0.982 bits per heavy atom. The molecule has 2 saturated carbocycles. The fourth-order valence-corrected chi connectivity index (χ4v) is 14.6. The second-order valence-corrected chi connectivity index (χ2v) is 19.8. The largest absolute Gasteiger partial charge is 0.427 e. The van der Waals surface area contributed by atoms with Crippen LogP contribution in [-0.2, 0) is 28.7 Å². The molecule has 1 saturated heterocycles. The number of carbonyl (C=O) groups excluding carboxylic acids is 4. The zero-order valence-electron chi connectivity index (χ0n) is 31.5. The zero-order valence-corrected chi connectivity index (χ0v) is 33.1. The minimum atomic E-state index is -0.904. The van der Waals surface area contributed by atoms with Gasteiger partial charge in [-0.05, 0) is 116 Å². The number of dihydropyridines is 1. The number of fused-ring (bicyclic) bond motifs is 2. The van der Waals surface area contributed by atoms with Crippen LogP contribution in [0.4, 0.5) is 0 Å². The molecule has 7 bridgehead atoms. The highest BCUT2D eigenvalue weighted by Gasteiger charge is 2.70. The molecule has 3 fully saturated rings. The molecule has 0 radical (unpaired) electrons. The summed E-state index contributed by atoms with van der Waals surface area (Å²) < 4.78 is 13.0. The number of hydrogen-bond donors (Lipinski definition) is 3. The summed E-state index contributed by atoms with van der Waals surface area (Å²) in [6.45, 7) is 4.93. The second-order valence-electron chi connectivity index (χ2n) is 17.3. The summed E-state index contributed by atoms with van der Waals surface area (Å²) in [5.41, 5.74) is 4.22. The van der Waals surface area contributed by atoms with Crippen molar-refractivity contribution in [3.8, 4) is 0 Å². The number of hydrogen-bond acceptors (Lipinski definition) is 11. The van der Waals surface area contributed by atoms with E-state index < -0.39 is 22.7 Å². The molecule has 12 heteroatoms. The standard InChI is InChI=1S/C43H49N3O7S2/c1-3-42(14-4-5-15-42)28-8-7-24-18-26-25-12-16-43(36(26)35-33(24)38(28)53-39(35)49)29-9-6-22(2)41(51)55-54-21-45-30-19-23(13-17-44-30)27(34(25)37(43)40(50)52-29)20-46-31(47)10-11-32(46)48/h9-11,13,19,22,24-27,36,41,44-45,51H,3-8,12,14-18,20-21H2,1-2H3/b29-9-/t22-,24+,25+,26+,27-,36-,41+,43+/m1/s1. The molecule has 0 aromatic rings. The van der Waals surface area contributed by atoms with Crippen molar-refractivity contribution in [3.05, 3.63) is 81.2 Å². The van der Waals surface area contributed by atoms with E-state index in [4.69, 9.17) is 9.47 Å². The van der Waals surface area contributed by atoms with Crippen molar-refractivity contribution in [2.75, 3.05) is 19.0 Å². The van der Waals surface area contributed by atoms with Crippen LogP contribution in [-0.4, -0.2) is 58.2 Å². The summed E-state index contributed by atoms with van der Waals surface area (Å²) in [5.74, 6) is 0.721. The fraction of sp³-hybridized carbons (Fsp3) is 0.581. The van der Waals surface area contributed by atoms with Gasteiger partial charge in [0.2, 0.25) is 0 Å². The molecule has 3 N–H and O–H groups in total. The molecule has 5 aliphatic heterocycles. The molecule has 1 spiro atoms. The second kappa shape index (κ2) is 13.3. The minimum absolute atomic E-state index is 0.0394. The van der Waals surface area contributed by atoms with Crippen LogP contribution >= 0.6 is 21.6 Å². The summed E-state index contributed by atoms with van der Waals surface area (Å²) >= 11 is 0. The van der Waals surface area contributed by atoms with Gasteiger partial charge in [-0.15, -0.1) is 0 Å². The summed E-state index contributed by atoms with van der Waals surface area (Å²) in [7, 11) is 2.94. The fourth-order valence-electron chi connectivity index (χ4n) is 12.5. The van der Waals surface area contributed by atoms with Gasteiger partial charge in [0, 0.05) is 48.2 Å². The molecular formula is C43H49N3O7S2. The highest BCUT2D eigenvalue weighted by molar-refractivity contribution is 8.76. The lowest BCUT2D eigenvalue weighted by Gasteiger charge is -2.58. The molecule has 11 aliphatic rings. The van der Waals surface area contributed by atoms with E-state index in [0.717, 1.165) is 78.8 Å². The van der Waals surface area contributed by atoms with Gasteiger partial charge >= 0.3 is 11.9 Å². The first-order valence-corrected chi connectivity index (χ1v) is 22.8. The molecule has 5 heterocycles. The predicted octanol–water partition coefficient (Wildman–Crippen LogP) is 6.46. The summed E-state index contributed by atoms with van der Waals surface area (Å²) in [4.78, 5) is 57.1. The molecule has 0 unspecified atom stereocenters. The average Bonchev–Trinajstić information content (AvgIpc) is 3.96. The van der Waals surface area contributed by atoms with E-state index in [1.165, 1.54) is 57.1 Å². The molecule has 11 rings (SSSR count). The van der Waals surface area contributed by atoms with Crippen molar-refractivity contribution in [2.24, 2.45) is 46.3 Å². The molecule has 55 heavy (non-hydrogen) atoms. The first kappa shape index (κ1) is 35.9. The van der Waals surface area contributed by atoms with Crippen LogP contribution in [0, 0.1) is 46.3 Å². The van der Waals surface area contributed by atoms with Crippen LogP contribution in [0.5, 0.6) is 0 Å². The Morgan fingerprint density at radius 2 is 1.78 bits per heavy atom. The van der Waals surface area contributed by atoms with Crippen LogP contribution < -0.4 is 10.6 Å². The van der Waals surface area contributed by atoms with Gasteiger partial charge in [0.1, 0.15) is 17.0 Å². The molecule has 2 amide bonds. The number of amides is 2. The molecule has 0 aromatic heterocycles. The molecular weight excluding hydrogens is 735 g/mol. The molecule has 290 valence electrons. The number of rotatable bonds is 4.